The van der Waals surface area contributed by atoms with Crippen LogP contribution in [-0.2, 0) is 0 Å². The van der Waals surface area contributed by atoms with E-state index in [0.29, 0.717) is 17.0 Å². The van der Waals surface area contributed by atoms with Gasteiger partial charge in [-0.25, -0.2) is 14.3 Å². The molecule has 0 aliphatic carbocycles. The Morgan fingerprint density at radius 2 is 2.29 bits per heavy atom. The van der Waals surface area contributed by atoms with E-state index in [-0.39, 0.29) is 5.56 Å². The van der Waals surface area contributed by atoms with Gasteiger partial charge in [0, 0.05) is 24.5 Å². The Hall–Kier alpha value is -2.70. The molecule has 0 bridgehead atoms. The van der Waals surface area contributed by atoms with E-state index in [9.17, 15) is 4.79 Å². The van der Waals surface area contributed by atoms with E-state index in [2.05, 4.69) is 15.2 Å². The molecule has 3 heterocycles. The van der Waals surface area contributed by atoms with Crippen LogP contribution in [0.25, 0.3) is 17.0 Å². The molecule has 17 heavy (non-hydrogen) atoms. The van der Waals surface area contributed by atoms with Crippen LogP contribution in [0.3, 0.4) is 0 Å². The molecule has 3 aromatic heterocycles. The van der Waals surface area contributed by atoms with Crippen molar-refractivity contribution >= 4 is 11.6 Å². The fourth-order valence-electron chi connectivity index (χ4n) is 1.46. The van der Waals surface area contributed by atoms with E-state index in [1.165, 1.54) is 23.2 Å². The summed E-state index contributed by atoms with van der Waals surface area (Å²) >= 11 is 0. The summed E-state index contributed by atoms with van der Waals surface area (Å²) in [6, 6.07) is 3.36. The molecule has 3 rings (SSSR count). The quantitative estimate of drug-likeness (QED) is 0.708. The lowest BCUT2D eigenvalue weighted by Crippen LogP contribution is -2.00. The molecule has 7 nitrogen and oxygen atoms in total. The number of aromatic nitrogens is 4. The van der Waals surface area contributed by atoms with Gasteiger partial charge in [0.15, 0.2) is 5.65 Å². The predicted molar refractivity (Wildman–Crippen MR) is 55.4 cm³/mol. The van der Waals surface area contributed by atoms with Gasteiger partial charge in [0.05, 0.1) is 5.56 Å². The fraction of sp³-hybridized carbons (Fsp3) is 0. The zero-order chi connectivity index (χ0) is 11.8. The van der Waals surface area contributed by atoms with Crippen molar-refractivity contribution in [2.75, 3.05) is 0 Å². The third kappa shape index (κ3) is 1.53. The smallest absolute Gasteiger partial charge is 0.338 e. The Bertz CT molecular complexity index is 687. The normalized spacial score (nSPS) is 10.8. The van der Waals surface area contributed by atoms with Crippen molar-refractivity contribution in [3.05, 3.63) is 36.4 Å². The van der Waals surface area contributed by atoms with Crippen LogP contribution in [-0.4, -0.2) is 30.8 Å². The van der Waals surface area contributed by atoms with Crippen molar-refractivity contribution in [3.63, 3.8) is 0 Å². The van der Waals surface area contributed by atoms with E-state index >= 15 is 0 Å². The average Bonchev–Trinajstić information content (AvgIpc) is 2.96. The van der Waals surface area contributed by atoms with Crippen molar-refractivity contribution in [1.29, 1.82) is 0 Å². The Morgan fingerprint density at radius 1 is 1.41 bits per heavy atom. The third-order valence-corrected chi connectivity index (χ3v) is 2.26. The van der Waals surface area contributed by atoms with Gasteiger partial charge in [0.2, 0.25) is 0 Å². The van der Waals surface area contributed by atoms with Crippen molar-refractivity contribution in [1.82, 2.24) is 19.8 Å². The highest BCUT2D eigenvalue weighted by molar-refractivity contribution is 5.87. The summed E-state index contributed by atoms with van der Waals surface area (Å²) in [4.78, 5) is 14.8. The van der Waals surface area contributed by atoms with Gasteiger partial charge in [0.1, 0.15) is 17.7 Å². The number of aromatic carboxylic acids is 1. The summed E-state index contributed by atoms with van der Waals surface area (Å²) in [6.07, 6.45) is 4.12. The molecule has 3 aromatic rings. The number of carbonyl (C=O) groups is 1. The Balaban J connectivity index is 2.16. The summed E-state index contributed by atoms with van der Waals surface area (Å²) in [5.74, 6) is -1.04. The topological polar surface area (TPSA) is 93.5 Å². The zero-order valence-corrected chi connectivity index (χ0v) is 8.44. The number of fused-ring (bicyclic) bond motifs is 1. The van der Waals surface area contributed by atoms with Crippen molar-refractivity contribution in [2.45, 2.75) is 0 Å². The molecule has 0 spiro atoms. The Labute approximate surface area is 94.3 Å². The first kappa shape index (κ1) is 9.52. The van der Waals surface area contributed by atoms with Gasteiger partial charge in [-0.15, -0.1) is 0 Å². The highest BCUT2D eigenvalue weighted by Crippen LogP contribution is 2.16. The van der Waals surface area contributed by atoms with E-state index in [4.69, 9.17) is 9.63 Å². The lowest BCUT2D eigenvalue weighted by Gasteiger charge is -1.94. The first-order valence-electron chi connectivity index (χ1n) is 4.73. The molecule has 0 unspecified atom stereocenters. The van der Waals surface area contributed by atoms with Crippen LogP contribution in [0.2, 0.25) is 0 Å². The molecule has 0 amide bonds. The van der Waals surface area contributed by atoms with E-state index < -0.39 is 5.97 Å². The molecular weight excluding hydrogens is 224 g/mol. The average molecular weight is 230 g/mol. The van der Waals surface area contributed by atoms with E-state index in [0.717, 1.165) is 0 Å². The van der Waals surface area contributed by atoms with Crippen molar-refractivity contribution < 1.29 is 14.4 Å². The van der Waals surface area contributed by atoms with Crippen LogP contribution in [0.1, 0.15) is 10.4 Å². The largest absolute Gasteiger partial charge is 0.478 e. The first-order valence-corrected chi connectivity index (χ1v) is 4.73. The maximum atomic E-state index is 10.8. The Kier molecular flexibility index (Phi) is 1.91. The lowest BCUT2D eigenvalue weighted by molar-refractivity contribution is 0.0695. The molecule has 0 radical (unpaired) electrons. The molecule has 0 aliphatic heterocycles. The molecule has 84 valence electrons. The van der Waals surface area contributed by atoms with Gasteiger partial charge in [0.25, 0.3) is 0 Å². The fourth-order valence-corrected chi connectivity index (χ4v) is 1.46. The summed E-state index contributed by atoms with van der Waals surface area (Å²) in [7, 11) is 0. The van der Waals surface area contributed by atoms with Crippen LogP contribution < -0.4 is 0 Å². The van der Waals surface area contributed by atoms with E-state index in [1.807, 2.05) is 0 Å². The zero-order valence-electron chi connectivity index (χ0n) is 8.44. The molecule has 7 heteroatoms. The molecule has 0 saturated heterocycles. The molecule has 0 atom stereocenters. The number of hydrogen-bond acceptors (Lipinski definition) is 5. The van der Waals surface area contributed by atoms with Gasteiger partial charge in [-0.2, -0.15) is 5.10 Å². The second-order valence-electron chi connectivity index (χ2n) is 3.36. The number of carboxylic acid groups (broad SMARTS) is 1. The van der Waals surface area contributed by atoms with Crippen LogP contribution in [0, 0.1) is 0 Å². The maximum Gasteiger partial charge on any atom is 0.338 e. The van der Waals surface area contributed by atoms with Crippen LogP contribution in [0.5, 0.6) is 0 Å². The summed E-state index contributed by atoms with van der Waals surface area (Å²) in [5.41, 5.74) is 1.78. The SMILES string of the molecule is O=C(O)c1cnc2cc(-c3ccon3)nn2c1. The monoisotopic (exact) mass is 230 g/mol. The number of hydrogen-bond donors (Lipinski definition) is 1. The van der Waals surface area contributed by atoms with Crippen molar-refractivity contribution in [2.24, 2.45) is 0 Å². The summed E-state index contributed by atoms with van der Waals surface area (Å²) in [5, 5.41) is 16.7. The van der Waals surface area contributed by atoms with E-state index in [1.54, 1.807) is 12.1 Å². The minimum absolute atomic E-state index is 0.0762. The molecule has 0 aliphatic rings. The maximum absolute atomic E-state index is 10.8. The Morgan fingerprint density at radius 3 is 3.00 bits per heavy atom. The van der Waals surface area contributed by atoms with Crippen LogP contribution in [0.15, 0.2) is 35.3 Å². The predicted octanol–water partition coefficient (Wildman–Crippen LogP) is 1.08. The highest BCUT2D eigenvalue weighted by atomic mass is 16.5. The van der Waals surface area contributed by atoms with Gasteiger partial charge < -0.3 is 9.63 Å². The van der Waals surface area contributed by atoms with Gasteiger partial charge >= 0.3 is 5.97 Å². The molecule has 0 aromatic carbocycles. The minimum atomic E-state index is -1.04. The van der Waals surface area contributed by atoms with Gasteiger partial charge in [-0.1, -0.05) is 5.16 Å². The number of nitrogens with zero attached hydrogens (tertiary/aromatic N) is 4. The molecule has 0 saturated carbocycles. The second-order valence-corrected chi connectivity index (χ2v) is 3.36. The standard InChI is InChI=1S/C10H6N4O3/c15-10(16)6-4-11-9-3-8(12-14(9)5-6)7-1-2-17-13-7/h1-5H,(H,15,16). The number of carboxylic acids is 1. The minimum Gasteiger partial charge on any atom is -0.478 e. The summed E-state index contributed by atoms with van der Waals surface area (Å²) in [6.45, 7) is 0. The summed E-state index contributed by atoms with van der Waals surface area (Å²) < 4.78 is 6.11. The molecule has 1 N–H and O–H groups in total. The van der Waals surface area contributed by atoms with Gasteiger partial charge in [-0.3, -0.25) is 0 Å². The van der Waals surface area contributed by atoms with Crippen molar-refractivity contribution in [3.8, 4) is 11.4 Å². The van der Waals surface area contributed by atoms with Crippen LogP contribution >= 0.6 is 0 Å². The molecule has 0 fully saturated rings. The second kappa shape index (κ2) is 3.41. The number of rotatable bonds is 2. The van der Waals surface area contributed by atoms with Crippen LogP contribution in [0.4, 0.5) is 0 Å². The lowest BCUT2D eigenvalue weighted by atomic mass is 10.3. The van der Waals surface area contributed by atoms with Gasteiger partial charge in [-0.05, 0) is 0 Å². The third-order valence-electron chi connectivity index (χ3n) is 2.26. The molecular formula is C10H6N4O3. The highest BCUT2D eigenvalue weighted by Gasteiger charge is 2.10. The first-order chi connectivity index (χ1) is 8.24.